The molecule has 0 spiro atoms. The molecule has 2 aromatic carbocycles. The van der Waals surface area contributed by atoms with Crippen LogP contribution in [0.3, 0.4) is 0 Å². The fraction of sp³-hybridized carbons (Fsp3) is 0.308. The van der Waals surface area contributed by atoms with E-state index in [0.717, 1.165) is 24.6 Å². The van der Waals surface area contributed by atoms with Crippen molar-refractivity contribution in [3.63, 3.8) is 0 Å². The summed E-state index contributed by atoms with van der Waals surface area (Å²) in [5.74, 6) is 1.76. The molecule has 0 saturated heterocycles. The molecule has 0 N–H and O–H groups in total. The Balaban J connectivity index is 1.63. The Morgan fingerprint density at radius 1 is 0.688 bits per heavy atom. The van der Waals surface area contributed by atoms with Crippen molar-refractivity contribution in [3.05, 3.63) is 84.5 Å². The first-order valence-corrected chi connectivity index (χ1v) is 13.3. The van der Waals surface area contributed by atoms with E-state index in [2.05, 4.69) is 108 Å². The van der Waals surface area contributed by atoms with Gasteiger partial charge in [-0.2, -0.15) is 0 Å². The molecule has 168 valence electrons. The van der Waals surface area contributed by atoms with Gasteiger partial charge in [0.05, 0.1) is 0 Å². The zero-order chi connectivity index (χ0) is 22.1. The van der Waals surface area contributed by atoms with E-state index in [4.69, 9.17) is 4.74 Å². The number of ether oxygens (including phenoxy) is 1. The summed E-state index contributed by atoms with van der Waals surface area (Å²) in [7, 11) is 0. The number of benzene rings is 2. The maximum absolute atomic E-state index is 6.37. The number of rotatable bonds is 0. The van der Waals surface area contributed by atoms with E-state index in [1.807, 2.05) is 12.1 Å². The Morgan fingerprint density at radius 2 is 1.16 bits per heavy atom. The summed E-state index contributed by atoms with van der Waals surface area (Å²) in [6.45, 7) is 11.2. The number of fused-ring (bicyclic) bond motifs is 4. The monoisotopic (exact) mass is 607 g/mol. The topological polar surface area (TPSA) is 22.2 Å². The van der Waals surface area contributed by atoms with E-state index >= 15 is 0 Å². The molecule has 0 aliphatic carbocycles. The van der Waals surface area contributed by atoms with Gasteiger partial charge in [0.1, 0.15) is 0 Å². The molecular weight excluding hydrogens is 579 g/mol. The second-order valence-corrected chi connectivity index (χ2v) is 12.2. The normalized spacial score (nSPS) is 22.4. The molecule has 6 heteroatoms. The van der Waals surface area contributed by atoms with Crippen molar-refractivity contribution in [2.24, 2.45) is 0 Å². The zero-order valence-corrected chi connectivity index (χ0v) is 21.1. The fourth-order valence-electron chi connectivity index (χ4n) is 4.66. The first-order chi connectivity index (χ1) is 15.3. The van der Waals surface area contributed by atoms with Crippen molar-refractivity contribution < 1.29 is 22.4 Å². The molecule has 32 heavy (non-hydrogen) atoms. The van der Waals surface area contributed by atoms with E-state index in [1.165, 1.54) is 19.4 Å². The summed E-state index contributed by atoms with van der Waals surface area (Å²) in [6.07, 6.45) is 9.07. The summed E-state index contributed by atoms with van der Waals surface area (Å²) < 4.78 is 9.25. The van der Waals surface area contributed by atoms with Gasteiger partial charge in [-0.1, -0.05) is 0 Å². The van der Waals surface area contributed by atoms with Crippen molar-refractivity contribution >= 4 is 8.29 Å². The zero-order valence-electron chi connectivity index (χ0n) is 18.9. The van der Waals surface area contributed by atoms with Gasteiger partial charge in [-0.3, -0.25) is 0 Å². The summed E-state index contributed by atoms with van der Waals surface area (Å²) in [6, 6.07) is 17.1. The minimum atomic E-state index is -0.422. The Labute approximate surface area is 197 Å². The molecule has 0 saturated carbocycles. The Morgan fingerprint density at radius 3 is 1.62 bits per heavy atom. The Kier molecular flexibility index (Phi) is 4.32. The van der Waals surface area contributed by atoms with E-state index in [0.29, 0.717) is 0 Å². The molecule has 4 aliphatic heterocycles. The molecule has 0 unspecified atom stereocenters. The average Bonchev–Trinajstić information content (AvgIpc) is 3.33. The van der Waals surface area contributed by atoms with Crippen molar-refractivity contribution in [2.75, 3.05) is 13.1 Å². The van der Waals surface area contributed by atoms with Gasteiger partial charge in [-0.15, -0.1) is 0 Å². The van der Waals surface area contributed by atoms with Crippen LogP contribution in [0.4, 0.5) is 0 Å². The van der Waals surface area contributed by atoms with Crippen LogP contribution >= 0.6 is 0 Å². The quantitative estimate of drug-likeness (QED) is 0.442. The molecule has 2 aromatic rings. The first kappa shape index (κ1) is 20.0. The van der Waals surface area contributed by atoms with Gasteiger partial charge in [-0.05, 0) is 0 Å². The molecule has 0 amide bonds. The van der Waals surface area contributed by atoms with Crippen molar-refractivity contribution in [1.82, 2.24) is 19.6 Å². The SMILES string of the molecule is CC1(C)c2cccc(c2)Oc2cccc(c2)C(C)(C)N2C=CN3CCN4C=CN1[C]4=[Pt]=[C]32. The summed E-state index contributed by atoms with van der Waals surface area (Å²) >= 11 is -0.422. The van der Waals surface area contributed by atoms with Crippen LogP contribution in [0.15, 0.2) is 73.3 Å². The van der Waals surface area contributed by atoms with Gasteiger partial charge in [0.15, 0.2) is 0 Å². The predicted molar refractivity (Wildman–Crippen MR) is 124 cm³/mol. The van der Waals surface area contributed by atoms with Crippen LogP contribution in [0.5, 0.6) is 11.5 Å². The third-order valence-electron chi connectivity index (χ3n) is 6.84. The molecule has 4 heterocycles. The number of nitrogens with zero attached hydrogens (tertiary/aromatic N) is 4. The van der Waals surface area contributed by atoms with Crippen LogP contribution in [-0.2, 0) is 28.7 Å². The fourth-order valence-corrected chi connectivity index (χ4v) is 8.77. The van der Waals surface area contributed by atoms with Crippen LogP contribution in [0.25, 0.3) is 0 Å². The van der Waals surface area contributed by atoms with Gasteiger partial charge in [0.25, 0.3) is 0 Å². The number of hydrogen-bond donors (Lipinski definition) is 0. The van der Waals surface area contributed by atoms with Crippen LogP contribution in [-0.4, -0.2) is 41.0 Å². The first-order valence-electron chi connectivity index (χ1n) is 11.0. The van der Waals surface area contributed by atoms with Crippen molar-refractivity contribution in [3.8, 4) is 11.5 Å². The average molecular weight is 608 g/mol. The van der Waals surface area contributed by atoms with Gasteiger partial charge in [0.2, 0.25) is 0 Å². The molecule has 0 fully saturated rings. The van der Waals surface area contributed by atoms with Crippen molar-refractivity contribution in [1.29, 1.82) is 0 Å². The minimum absolute atomic E-state index is 0.186. The summed E-state index contributed by atoms with van der Waals surface area (Å²) in [4.78, 5) is 9.91. The third-order valence-corrected chi connectivity index (χ3v) is 10.3. The molecule has 5 nitrogen and oxygen atoms in total. The van der Waals surface area contributed by atoms with Crippen LogP contribution in [0.2, 0.25) is 0 Å². The second kappa shape index (κ2) is 6.92. The molecule has 0 aromatic heterocycles. The molecule has 6 bridgehead atoms. The van der Waals surface area contributed by atoms with E-state index in [-0.39, 0.29) is 11.1 Å². The molecular formula is C26H28N4OPt. The van der Waals surface area contributed by atoms with Gasteiger partial charge < -0.3 is 0 Å². The van der Waals surface area contributed by atoms with E-state index in [9.17, 15) is 0 Å². The Hall–Kier alpha value is -2.65. The maximum atomic E-state index is 6.37. The van der Waals surface area contributed by atoms with Gasteiger partial charge in [-0.25, -0.2) is 0 Å². The predicted octanol–water partition coefficient (Wildman–Crippen LogP) is 4.41. The molecule has 4 aliphatic rings. The van der Waals surface area contributed by atoms with Gasteiger partial charge in [0, 0.05) is 0 Å². The van der Waals surface area contributed by atoms with Crippen LogP contribution in [0, 0.1) is 0 Å². The van der Waals surface area contributed by atoms with Crippen LogP contribution in [0.1, 0.15) is 38.8 Å². The van der Waals surface area contributed by atoms with E-state index in [1.54, 1.807) is 0 Å². The summed E-state index contributed by atoms with van der Waals surface area (Å²) in [5.41, 5.74) is 2.13. The van der Waals surface area contributed by atoms with Crippen molar-refractivity contribution in [2.45, 2.75) is 38.8 Å². The molecule has 0 atom stereocenters. The number of hydrogen-bond acceptors (Lipinski definition) is 5. The standard InChI is InChI=1S/C26H28N4O.Pt/c1-25(2)21-7-5-9-23(17-21)31-24-10-6-8-22(18-24)26(3,4)30-16-14-28(20-30)12-11-27-13-15-29(25)19-27;/h5-10,13-18H,11-12H2,1-4H3;. The third kappa shape index (κ3) is 2.94. The summed E-state index contributed by atoms with van der Waals surface area (Å²) in [5, 5.41) is 0. The molecule has 0 radical (unpaired) electrons. The van der Waals surface area contributed by atoms with Crippen LogP contribution < -0.4 is 4.74 Å². The molecule has 6 rings (SSSR count). The van der Waals surface area contributed by atoms with E-state index < -0.39 is 17.6 Å². The Bertz CT molecular complexity index is 1150. The van der Waals surface area contributed by atoms with Gasteiger partial charge >= 0.3 is 198 Å². The second-order valence-electron chi connectivity index (χ2n) is 9.56.